The number of hydrogen-bond donors (Lipinski definition) is 2. The first-order valence-corrected chi connectivity index (χ1v) is 5.81. The molecule has 1 aromatic heterocycles. The quantitative estimate of drug-likeness (QED) is 0.700. The van der Waals surface area contributed by atoms with Crippen molar-refractivity contribution in [2.24, 2.45) is 5.73 Å². The first-order valence-electron chi connectivity index (χ1n) is 5.81. The minimum atomic E-state index is -0.921. The summed E-state index contributed by atoms with van der Waals surface area (Å²) in [5, 5.41) is 8.61. The zero-order valence-corrected chi connectivity index (χ0v) is 10.4. The van der Waals surface area contributed by atoms with Gasteiger partial charge < -0.3 is 20.3 Å². The van der Waals surface area contributed by atoms with Gasteiger partial charge in [0.25, 0.3) is 5.91 Å². The van der Waals surface area contributed by atoms with Crippen LogP contribution in [0.4, 0.5) is 0 Å². The van der Waals surface area contributed by atoms with Gasteiger partial charge in [0.05, 0.1) is 12.7 Å². The van der Waals surface area contributed by atoms with Gasteiger partial charge in [-0.1, -0.05) is 0 Å². The van der Waals surface area contributed by atoms with Crippen LogP contribution in [-0.2, 0) is 11.3 Å². The smallest absolute Gasteiger partial charge is 0.305 e. The molecule has 0 aliphatic carbocycles. The second-order valence-electron chi connectivity index (χ2n) is 3.81. The minimum Gasteiger partial charge on any atom is -0.481 e. The second kappa shape index (κ2) is 6.75. The molecule has 0 aliphatic heterocycles. The molecule has 1 aromatic rings. The third-order valence-corrected chi connectivity index (χ3v) is 2.50. The molecule has 0 aromatic carbocycles. The van der Waals surface area contributed by atoms with Crippen LogP contribution >= 0.6 is 0 Å². The molecule has 100 valence electrons. The summed E-state index contributed by atoms with van der Waals surface area (Å²) < 4.78 is 1.73. The average Bonchev–Trinajstić information content (AvgIpc) is 2.78. The van der Waals surface area contributed by atoms with E-state index in [0.717, 1.165) is 0 Å². The lowest BCUT2D eigenvalue weighted by Gasteiger charge is -2.18. The fourth-order valence-electron chi connectivity index (χ4n) is 1.54. The highest BCUT2D eigenvalue weighted by Crippen LogP contribution is 2.03. The molecule has 18 heavy (non-hydrogen) atoms. The van der Waals surface area contributed by atoms with Crippen LogP contribution in [0.1, 0.15) is 23.8 Å². The van der Waals surface area contributed by atoms with Gasteiger partial charge in [0, 0.05) is 32.4 Å². The van der Waals surface area contributed by atoms with Gasteiger partial charge in [0.15, 0.2) is 0 Å². The van der Waals surface area contributed by atoms with Crippen molar-refractivity contribution >= 4 is 11.9 Å². The summed E-state index contributed by atoms with van der Waals surface area (Å²) in [6.07, 6.45) is 3.10. The lowest BCUT2D eigenvalue weighted by Crippen LogP contribution is -2.33. The molecule has 1 rings (SSSR count). The zero-order valence-electron chi connectivity index (χ0n) is 10.4. The number of hydrogen-bond acceptors (Lipinski definition) is 4. The summed E-state index contributed by atoms with van der Waals surface area (Å²) >= 11 is 0. The molecule has 3 N–H and O–H groups in total. The molecule has 0 aliphatic rings. The lowest BCUT2D eigenvalue weighted by molar-refractivity contribution is -0.137. The number of imidazole rings is 1. The third kappa shape index (κ3) is 3.85. The SMILES string of the molecule is CCN(CCC(=O)O)C(=O)c1cn(CCN)cn1. The molecule has 1 heterocycles. The van der Waals surface area contributed by atoms with Crippen LogP contribution in [0, 0.1) is 0 Å². The van der Waals surface area contributed by atoms with Gasteiger partial charge in [-0.05, 0) is 6.92 Å². The highest BCUT2D eigenvalue weighted by Gasteiger charge is 2.17. The molecule has 0 radical (unpaired) electrons. The van der Waals surface area contributed by atoms with E-state index in [-0.39, 0.29) is 18.9 Å². The molecule has 1 amide bonds. The minimum absolute atomic E-state index is 0.0664. The number of aromatic nitrogens is 2. The van der Waals surface area contributed by atoms with Gasteiger partial charge in [-0.25, -0.2) is 4.98 Å². The van der Waals surface area contributed by atoms with Crippen molar-refractivity contribution in [3.63, 3.8) is 0 Å². The Kier molecular flexibility index (Phi) is 5.31. The standard InChI is InChI=1S/C11H18N4O3/c1-2-15(5-3-10(16)17)11(18)9-7-14(6-4-12)8-13-9/h7-8H,2-6,12H2,1H3,(H,16,17). The van der Waals surface area contributed by atoms with Crippen LogP contribution in [0.15, 0.2) is 12.5 Å². The van der Waals surface area contributed by atoms with E-state index in [4.69, 9.17) is 10.8 Å². The summed E-state index contributed by atoms with van der Waals surface area (Å²) in [5.74, 6) is -1.18. The number of nitrogens with two attached hydrogens (primary N) is 1. The van der Waals surface area contributed by atoms with Crippen molar-refractivity contribution in [2.45, 2.75) is 19.9 Å². The molecule has 0 fully saturated rings. The first-order chi connectivity index (χ1) is 8.58. The van der Waals surface area contributed by atoms with Crippen molar-refractivity contribution in [2.75, 3.05) is 19.6 Å². The Hall–Kier alpha value is -1.89. The summed E-state index contributed by atoms with van der Waals surface area (Å²) in [6.45, 7) is 3.52. The summed E-state index contributed by atoms with van der Waals surface area (Å²) in [7, 11) is 0. The largest absolute Gasteiger partial charge is 0.481 e. The number of rotatable bonds is 7. The molecule has 0 spiro atoms. The van der Waals surface area contributed by atoms with Crippen molar-refractivity contribution < 1.29 is 14.7 Å². The Bertz CT molecular complexity index is 416. The topological polar surface area (TPSA) is 101 Å². The second-order valence-corrected chi connectivity index (χ2v) is 3.81. The molecule has 0 unspecified atom stereocenters. The van der Waals surface area contributed by atoms with Crippen LogP contribution in [0.3, 0.4) is 0 Å². The Labute approximate surface area is 105 Å². The molecule has 0 saturated carbocycles. The van der Waals surface area contributed by atoms with E-state index >= 15 is 0 Å². The van der Waals surface area contributed by atoms with Gasteiger partial charge in [0.2, 0.25) is 0 Å². The van der Waals surface area contributed by atoms with E-state index in [1.165, 1.54) is 4.90 Å². The summed E-state index contributed by atoms with van der Waals surface area (Å²) in [4.78, 5) is 28.0. The van der Waals surface area contributed by atoms with Crippen LogP contribution in [0.5, 0.6) is 0 Å². The van der Waals surface area contributed by atoms with Crippen LogP contribution in [-0.4, -0.2) is 51.1 Å². The van der Waals surface area contributed by atoms with Crippen molar-refractivity contribution in [3.05, 3.63) is 18.2 Å². The van der Waals surface area contributed by atoms with E-state index in [9.17, 15) is 9.59 Å². The van der Waals surface area contributed by atoms with E-state index in [1.54, 1.807) is 24.0 Å². The molecular formula is C11H18N4O3. The Morgan fingerprint density at radius 1 is 1.56 bits per heavy atom. The van der Waals surface area contributed by atoms with Gasteiger partial charge in [-0.2, -0.15) is 0 Å². The van der Waals surface area contributed by atoms with Crippen LogP contribution in [0.25, 0.3) is 0 Å². The number of amides is 1. The van der Waals surface area contributed by atoms with Gasteiger partial charge in [0.1, 0.15) is 5.69 Å². The number of carboxylic acids is 1. The average molecular weight is 254 g/mol. The Morgan fingerprint density at radius 2 is 2.28 bits per heavy atom. The maximum absolute atomic E-state index is 12.0. The Balaban J connectivity index is 2.66. The molecule has 7 heteroatoms. The van der Waals surface area contributed by atoms with Crippen LogP contribution in [0.2, 0.25) is 0 Å². The van der Waals surface area contributed by atoms with E-state index in [1.807, 2.05) is 0 Å². The van der Waals surface area contributed by atoms with Crippen molar-refractivity contribution in [3.8, 4) is 0 Å². The normalized spacial score (nSPS) is 10.3. The Morgan fingerprint density at radius 3 is 2.83 bits per heavy atom. The lowest BCUT2D eigenvalue weighted by atomic mass is 10.3. The van der Waals surface area contributed by atoms with E-state index in [2.05, 4.69) is 4.98 Å². The highest BCUT2D eigenvalue weighted by molar-refractivity contribution is 5.92. The molecule has 7 nitrogen and oxygen atoms in total. The number of carbonyl (C=O) groups excluding carboxylic acids is 1. The van der Waals surface area contributed by atoms with Crippen LogP contribution < -0.4 is 5.73 Å². The number of carboxylic acid groups (broad SMARTS) is 1. The maximum atomic E-state index is 12.0. The number of carbonyl (C=O) groups is 2. The zero-order chi connectivity index (χ0) is 13.5. The number of aliphatic carboxylic acids is 1. The predicted molar refractivity (Wildman–Crippen MR) is 65.1 cm³/mol. The summed E-state index contributed by atoms with van der Waals surface area (Å²) in [6, 6.07) is 0. The number of nitrogens with zero attached hydrogens (tertiary/aromatic N) is 3. The molecule has 0 saturated heterocycles. The predicted octanol–water partition coefficient (Wildman–Crippen LogP) is -0.221. The molecule has 0 bridgehead atoms. The first kappa shape index (κ1) is 14.2. The monoisotopic (exact) mass is 254 g/mol. The fourth-order valence-corrected chi connectivity index (χ4v) is 1.54. The maximum Gasteiger partial charge on any atom is 0.305 e. The van der Waals surface area contributed by atoms with E-state index in [0.29, 0.717) is 25.3 Å². The third-order valence-electron chi connectivity index (χ3n) is 2.50. The van der Waals surface area contributed by atoms with Gasteiger partial charge in [-0.3, -0.25) is 9.59 Å². The van der Waals surface area contributed by atoms with Gasteiger partial charge >= 0.3 is 5.97 Å². The van der Waals surface area contributed by atoms with E-state index < -0.39 is 5.97 Å². The highest BCUT2D eigenvalue weighted by atomic mass is 16.4. The fraction of sp³-hybridized carbons (Fsp3) is 0.545. The summed E-state index contributed by atoms with van der Waals surface area (Å²) in [5.41, 5.74) is 5.72. The van der Waals surface area contributed by atoms with Gasteiger partial charge in [-0.15, -0.1) is 0 Å². The molecular weight excluding hydrogens is 236 g/mol. The molecule has 0 atom stereocenters. The van der Waals surface area contributed by atoms with Crippen molar-refractivity contribution in [1.29, 1.82) is 0 Å². The van der Waals surface area contributed by atoms with Crippen molar-refractivity contribution in [1.82, 2.24) is 14.5 Å².